The van der Waals surface area contributed by atoms with Crippen LogP contribution in [0.15, 0.2) is 53.0 Å². The van der Waals surface area contributed by atoms with E-state index in [0.29, 0.717) is 18.4 Å². The zero-order valence-electron chi connectivity index (χ0n) is 12.4. The fourth-order valence-corrected chi connectivity index (χ4v) is 3.77. The molecule has 0 radical (unpaired) electrons. The monoisotopic (exact) mass is 362 g/mol. The Balaban J connectivity index is 1.74. The molecule has 0 saturated carbocycles. The minimum absolute atomic E-state index is 0.209. The zero-order chi connectivity index (χ0) is 15.5. The summed E-state index contributed by atoms with van der Waals surface area (Å²) in [6.07, 6.45) is 0. The van der Waals surface area contributed by atoms with Crippen LogP contribution < -0.4 is 5.73 Å². The van der Waals surface area contributed by atoms with Crippen LogP contribution in [0.3, 0.4) is 0 Å². The number of rotatable bonds is 4. The first-order valence-electron chi connectivity index (χ1n) is 7.58. The summed E-state index contributed by atoms with van der Waals surface area (Å²) in [4.78, 5) is 2.41. The van der Waals surface area contributed by atoms with E-state index in [0.717, 1.165) is 29.7 Å². The number of hydrogen-bond donors (Lipinski definition) is 1. The third-order valence-electron chi connectivity index (χ3n) is 4.46. The topological polar surface area (TPSA) is 29.3 Å². The van der Waals surface area contributed by atoms with E-state index in [4.69, 9.17) is 5.73 Å². The van der Waals surface area contributed by atoms with Gasteiger partial charge in [0.15, 0.2) is 0 Å². The smallest absolute Gasteiger partial charge is 0.124 e. The van der Waals surface area contributed by atoms with Crippen molar-refractivity contribution in [3.63, 3.8) is 0 Å². The quantitative estimate of drug-likeness (QED) is 0.896. The molecular formula is C18H20BrFN2. The molecule has 2 aromatic carbocycles. The van der Waals surface area contributed by atoms with Crippen LogP contribution in [0.4, 0.5) is 4.39 Å². The molecule has 0 amide bonds. The number of benzene rings is 2. The fraction of sp³-hybridized carbons (Fsp3) is 0.333. The van der Waals surface area contributed by atoms with Crippen molar-refractivity contribution in [1.29, 1.82) is 0 Å². The van der Waals surface area contributed by atoms with Gasteiger partial charge in [-0.2, -0.15) is 0 Å². The summed E-state index contributed by atoms with van der Waals surface area (Å²) in [5.41, 5.74) is 8.46. The van der Waals surface area contributed by atoms with Crippen LogP contribution in [0.25, 0.3) is 0 Å². The average Bonchev–Trinajstić information content (AvgIpc) is 2.94. The Hall–Kier alpha value is -1.23. The van der Waals surface area contributed by atoms with E-state index in [1.807, 2.05) is 12.1 Å². The van der Waals surface area contributed by atoms with Crippen molar-refractivity contribution in [2.24, 2.45) is 11.7 Å². The lowest BCUT2D eigenvalue weighted by Crippen LogP contribution is -2.23. The normalized spacial score (nSPS) is 22.1. The molecule has 0 bridgehead atoms. The minimum Gasteiger partial charge on any atom is -0.330 e. The lowest BCUT2D eigenvalue weighted by molar-refractivity contribution is 0.316. The van der Waals surface area contributed by atoms with Crippen molar-refractivity contribution in [2.45, 2.75) is 12.5 Å². The van der Waals surface area contributed by atoms with Crippen molar-refractivity contribution in [1.82, 2.24) is 4.90 Å². The maximum Gasteiger partial charge on any atom is 0.124 e. The van der Waals surface area contributed by atoms with Crippen LogP contribution in [0.1, 0.15) is 17.0 Å². The second kappa shape index (κ2) is 6.90. The number of nitrogens with zero attached hydrogens (tertiary/aromatic N) is 1. The Kier molecular flexibility index (Phi) is 4.91. The highest BCUT2D eigenvalue weighted by atomic mass is 79.9. The summed E-state index contributed by atoms with van der Waals surface area (Å²) in [6, 6.07) is 15.5. The Bertz CT molecular complexity index is 632. The summed E-state index contributed by atoms with van der Waals surface area (Å²) in [7, 11) is 0. The molecule has 0 spiro atoms. The highest BCUT2D eigenvalue weighted by Gasteiger charge is 2.32. The van der Waals surface area contributed by atoms with E-state index >= 15 is 0 Å². The first kappa shape index (κ1) is 15.7. The van der Waals surface area contributed by atoms with E-state index in [1.165, 1.54) is 17.7 Å². The predicted molar refractivity (Wildman–Crippen MR) is 91.1 cm³/mol. The maximum atomic E-state index is 13.2. The van der Waals surface area contributed by atoms with Crippen molar-refractivity contribution in [2.75, 3.05) is 19.6 Å². The fourth-order valence-electron chi connectivity index (χ4n) is 3.30. The van der Waals surface area contributed by atoms with Crippen LogP contribution >= 0.6 is 15.9 Å². The molecule has 2 N–H and O–H groups in total. The van der Waals surface area contributed by atoms with Crippen LogP contribution in [0.2, 0.25) is 0 Å². The molecule has 0 unspecified atom stereocenters. The van der Waals surface area contributed by atoms with Gasteiger partial charge in [0.2, 0.25) is 0 Å². The molecule has 2 nitrogen and oxygen atoms in total. The van der Waals surface area contributed by atoms with Crippen LogP contribution in [0.5, 0.6) is 0 Å². The Morgan fingerprint density at radius 1 is 1.14 bits per heavy atom. The average molecular weight is 363 g/mol. The van der Waals surface area contributed by atoms with Gasteiger partial charge in [0.05, 0.1) is 0 Å². The van der Waals surface area contributed by atoms with Gasteiger partial charge in [-0.25, -0.2) is 4.39 Å². The molecule has 116 valence electrons. The van der Waals surface area contributed by atoms with Gasteiger partial charge in [-0.05, 0) is 35.7 Å². The minimum atomic E-state index is -0.209. The summed E-state index contributed by atoms with van der Waals surface area (Å²) in [6.45, 7) is 3.50. The molecular weight excluding hydrogens is 343 g/mol. The van der Waals surface area contributed by atoms with Crippen molar-refractivity contribution in [3.05, 3.63) is 69.9 Å². The lowest BCUT2D eigenvalue weighted by Gasteiger charge is -2.17. The van der Waals surface area contributed by atoms with Gasteiger partial charge in [-0.1, -0.05) is 52.3 Å². The first-order chi connectivity index (χ1) is 10.7. The Morgan fingerprint density at radius 2 is 1.91 bits per heavy atom. The summed E-state index contributed by atoms with van der Waals surface area (Å²) in [5.74, 6) is 0.742. The van der Waals surface area contributed by atoms with Crippen molar-refractivity contribution < 1.29 is 4.39 Å². The Morgan fingerprint density at radius 3 is 2.59 bits per heavy atom. The Labute approximate surface area is 139 Å². The van der Waals surface area contributed by atoms with E-state index in [-0.39, 0.29) is 5.82 Å². The maximum absolute atomic E-state index is 13.2. The van der Waals surface area contributed by atoms with E-state index in [9.17, 15) is 4.39 Å². The number of halogens is 2. The van der Waals surface area contributed by atoms with Crippen LogP contribution in [-0.4, -0.2) is 24.5 Å². The number of hydrogen-bond acceptors (Lipinski definition) is 2. The SMILES string of the molecule is NC[C@@H]1CN(Cc2ccc(F)cc2Br)C[C@H]1c1ccccc1. The molecule has 2 aromatic rings. The van der Waals surface area contributed by atoms with Crippen LogP contribution in [0, 0.1) is 11.7 Å². The summed E-state index contributed by atoms with van der Waals surface area (Å²) in [5, 5.41) is 0. The molecule has 1 aliphatic rings. The van der Waals surface area contributed by atoms with Gasteiger partial charge in [0, 0.05) is 30.0 Å². The van der Waals surface area contributed by atoms with Gasteiger partial charge in [0.25, 0.3) is 0 Å². The molecule has 0 aliphatic carbocycles. The van der Waals surface area contributed by atoms with E-state index in [1.54, 1.807) is 0 Å². The van der Waals surface area contributed by atoms with Gasteiger partial charge < -0.3 is 5.73 Å². The highest BCUT2D eigenvalue weighted by molar-refractivity contribution is 9.10. The lowest BCUT2D eigenvalue weighted by atomic mass is 9.89. The van der Waals surface area contributed by atoms with E-state index in [2.05, 4.69) is 45.1 Å². The number of likely N-dealkylation sites (tertiary alicyclic amines) is 1. The second-order valence-electron chi connectivity index (χ2n) is 5.94. The van der Waals surface area contributed by atoms with Crippen molar-refractivity contribution in [3.8, 4) is 0 Å². The van der Waals surface area contributed by atoms with E-state index < -0.39 is 0 Å². The second-order valence-corrected chi connectivity index (χ2v) is 6.80. The molecule has 1 saturated heterocycles. The summed E-state index contributed by atoms with van der Waals surface area (Å²) >= 11 is 3.46. The van der Waals surface area contributed by atoms with Gasteiger partial charge >= 0.3 is 0 Å². The van der Waals surface area contributed by atoms with Gasteiger partial charge in [-0.3, -0.25) is 4.90 Å². The molecule has 3 rings (SSSR count). The molecule has 1 aliphatic heterocycles. The summed E-state index contributed by atoms with van der Waals surface area (Å²) < 4.78 is 14.0. The molecule has 2 atom stereocenters. The molecule has 0 aromatic heterocycles. The molecule has 22 heavy (non-hydrogen) atoms. The zero-order valence-corrected chi connectivity index (χ0v) is 14.0. The van der Waals surface area contributed by atoms with Gasteiger partial charge in [-0.15, -0.1) is 0 Å². The van der Waals surface area contributed by atoms with Crippen molar-refractivity contribution >= 4 is 15.9 Å². The standard InChI is InChI=1S/C18H20BrFN2/c19-18-8-16(20)7-6-14(18)10-22-11-15(9-21)17(12-22)13-4-2-1-3-5-13/h1-8,15,17H,9-12,21H2/t15-,17+/m1/s1. The predicted octanol–water partition coefficient (Wildman–Crippen LogP) is 3.76. The van der Waals surface area contributed by atoms with Gasteiger partial charge in [0.1, 0.15) is 5.82 Å². The third-order valence-corrected chi connectivity index (χ3v) is 5.19. The molecule has 1 fully saturated rings. The van der Waals surface area contributed by atoms with Crippen LogP contribution in [-0.2, 0) is 6.54 Å². The third kappa shape index (κ3) is 3.40. The number of nitrogens with two attached hydrogens (primary N) is 1. The highest BCUT2D eigenvalue weighted by Crippen LogP contribution is 2.33. The largest absolute Gasteiger partial charge is 0.330 e. The molecule has 1 heterocycles. The first-order valence-corrected chi connectivity index (χ1v) is 8.38. The molecule has 4 heteroatoms.